The number of thiophene rings is 1. The first-order valence-corrected chi connectivity index (χ1v) is 7.10. The van der Waals surface area contributed by atoms with Gasteiger partial charge in [-0.1, -0.05) is 13.0 Å². The summed E-state index contributed by atoms with van der Waals surface area (Å²) in [4.78, 5) is 17.6. The molecule has 2 heterocycles. The van der Waals surface area contributed by atoms with Gasteiger partial charge in [-0.25, -0.2) is 4.98 Å². The first-order chi connectivity index (χ1) is 9.22. The summed E-state index contributed by atoms with van der Waals surface area (Å²) < 4.78 is 0. The predicted octanol–water partition coefficient (Wildman–Crippen LogP) is 2.68. The van der Waals surface area contributed by atoms with E-state index in [1.807, 2.05) is 30.5 Å². The van der Waals surface area contributed by atoms with Gasteiger partial charge in [0.1, 0.15) is 5.82 Å². The van der Waals surface area contributed by atoms with Crippen LogP contribution in [-0.2, 0) is 13.0 Å². The third kappa shape index (κ3) is 3.54. The van der Waals surface area contributed by atoms with E-state index in [-0.39, 0.29) is 5.91 Å². The standard InChI is InChI=1S/C14H17N3OS/c1-3-11-7-10(8-13(15-2)17-11)14(18)16-9-12-5-4-6-19-12/h4-8H,3,9H2,1-2H3,(H,15,17)(H,16,18). The van der Waals surface area contributed by atoms with Crippen LogP contribution >= 0.6 is 11.3 Å². The maximum Gasteiger partial charge on any atom is 0.251 e. The summed E-state index contributed by atoms with van der Waals surface area (Å²) in [6.45, 7) is 2.59. The van der Waals surface area contributed by atoms with Gasteiger partial charge >= 0.3 is 0 Å². The highest BCUT2D eigenvalue weighted by molar-refractivity contribution is 7.09. The second-order valence-electron chi connectivity index (χ2n) is 4.10. The van der Waals surface area contributed by atoms with Crippen molar-refractivity contribution in [3.05, 3.63) is 45.8 Å². The van der Waals surface area contributed by atoms with Gasteiger partial charge in [-0.05, 0) is 30.0 Å². The van der Waals surface area contributed by atoms with Crippen molar-refractivity contribution in [3.8, 4) is 0 Å². The maximum absolute atomic E-state index is 12.1. The Balaban J connectivity index is 2.09. The van der Waals surface area contributed by atoms with Gasteiger partial charge in [-0.3, -0.25) is 4.79 Å². The average Bonchev–Trinajstić information content (AvgIpc) is 2.97. The Morgan fingerprint density at radius 1 is 1.42 bits per heavy atom. The van der Waals surface area contributed by atoms with Crippen LogP contribution in [0.15, 0.2) is 29.6 Å². The lowest BCUT2D eigenvalue weighted by molar-refractivity contribution is 0.0951. The number of aryl methyl sites for hydroxylation is 1. The first-order valence-electron chi connectivity index (χ1n) is 6.22. The minimum Gasteiger partial charge on any atom is -0.373 e. The zero-order valence-electron chi connectivity index (χ0n) is 11.1. The van der Waals surface area contributed by atoms with Crippen LogP contribution in [0.5, 0.6) is 0 Å². The third-order valence-corrected chi connectivity index (χ3v) is 3.64. The molecule has 19 heavy (non-hydrogen) atoms. The van der Waals surface area contributed by atoms with Gasteiger partial charge in [0, 0.05) is 23.2 Å². The molecule has 2 aromatic heterocycles. The zero-order chi connectivity index (χ0) is 13.7. The number of carbonyl (C=O) groups is 1. The Morgan fingerprint density at radius 3 is 2.89 bits per heavy atom. The number of nitrogens with zero attached hydrogens (tertiary/aromatic N) is 1. The Kier molecular flexibility index (Phi) is 4.52. The van der Waals surface area contributed by atoms with Crippen LogP contribution in [0, 0.1) is 0 Å². The van der Waals surface area contributed by atoms with Crippen molar-refractivity contribution in [3.63, 3.8) is 0 Å². The number of carbonyl (C=O) groups excluding carboxylic acids is 1. The van der Waals surface area contributed by atoms with Crippen molar-refractivity contribution in [1.29, 1.82) is 0 Å². The lowest BCUT2D eigenvalue weighted by Gasteiger charge is -2.08. The molecule has 4 nitrogen and oxygen atoms in total. The van der Waals surface area contributed by atoms with Crippen molar-refractivity contribution in [2.45, 2.75) is 19.9 Å². The van der Waals surface area contributed by atoms with Crippen molar-refractivity contribution >= 4 is 23.1 Å². The molecule has 0 radical (unpaired) electrons. The van der Waals surface area contributed by atoms with Crippen molar-refractivity contribution in [2.24, 2.45) is 0 Å². The molecule has 5 heteroatoms. The summed E-state index contributed by atoms with van der Waals surface area (Å²) in [6.07, 6.45) is 0.806. The molecule has 0 saturated carbocycles. The van der Waals surface area contributed by atoms with Crippen molar-refractivity contribution in [1.82, 2.24) is 10.3 Å². The molecule has 0 atom stereocenters. The maximum atomic E-state index is 12.1. The lowest BCUT2D eigenvalue weighted by atomic mass is 10.2. The van der Waals surface area contributed by atoms with E-state index in [4.69, 9.17) is 0 Å². The van der Waals surface area contributed by atoms with E-state index in [0.29, 0.717) is 12.1 Å². The van der Waals surface area contributed by atoms with Crippen LogP contribution < -0.4 is 10.6 Å². The highest BCUT2D eigenvalue weighted by Crippen LogP contribution is 2.12. The molecular weight excluding hydrogens is 258 g/mol. The molecule has 2 aromatic rings. The number of pyridine rings is 1. The molecule has 0 aromatic carbocycles. The summed E-state index contributed by atoms with van der Waals surface area (Å²) in [5.41, 5.74) is 1.56. The highest BCUT2D eigenvalue weighted by Gasteiger charge is 2.09. The lowest BCUT2D eigenvalue weighted by Crippen LogP contribution is -2.22. The van der Waals surface area contributed by atoms with Gasteiger partial charge < -0.3 is 10.6 Å². The van der Waals surface area contributed by atoms with Crippen LogP contribution in [0.25, 0.3) is 0 Å². The Bertz CT molecular complexity index is 530. The molecule has 1 amide bonds. The van der Waals surface area contributed by atoms with Crippen LogP contribution in [0.3, 0.4) is 0 Å². The van der Waals surface area contributed by atoms with Gasteiger partial charge in [0.05, 0.1) is 6.54 Å². The van der Waals surface area contributed by atoms with Gasteiger partial charge in [0.2, 0.25) is 0 Å². The Morgan fingerprint density at radius 2 is 2.26 bits per heavy atom. The number of amides is 1. The second kappa shape index (κ2) is 6.33. The average molecular weight is 275 g/mol. The number of nitrogens with one attached hydrogen (secondary N) is 2. The number of hydrogen-bond donors (Lipinski definition) is 2. The number of rotatable bonds is 5. The van der Waals surface area contributed by atoms with E-state index in [9.17, 15) is 4.79 Å². The molecule has 0 aliphatic carbocycles. The predicted molar refractivity (Wildman–Crippen MR) is 78.7 cm³/mol. The number of hydrogen-bond acceptors (Lipinski definition) is 4. The van der Waals surface area contributed by atoms with Crippen LogP contribution in [0.1, 0.15) is 27.9 Å². The monoisotopic (exact) mass is 275 g/mol. The molecule has 2 N–H and O–H groups in total. The normalized spacial score (nSPS) is 10.2. The summed E-state index contributed by atoms with van der Waals surface area (Å²) in [5, 5.41) is 7.90. The fraction of sp³-hybridized carbons (Fsp3) is 0.286. The molecular formula is C14H17N3OS. The van der Waals surface area contributed by atoms with E-state index in [1.165, 1.54) is 0 Å². The summed E-state index contributed by atoms with van der Waals surface area (Å²) in [7, 11) is 1.80. The minimum atomic E-state index is -0.0676. The number of aromatic nitrogens is 1. The topological polar surface area (TPSA) is 54.0 Å². The summed E-state index contributed by atoms with van der Waals surface area (Å²) in [5.74, 6) is 0.655. The molecule has 0 saturated heterocycles. The quantitative estimate of drug-likeness (QED) is 0.882. The van der Waals surface area contributed by atoms with Crippen molar-refractivity contribution in [2.75, 3.05) is 12.4 Å². The largest absolute Gasteiger partial charge is 0.373 e. The minimum absolute atomic E-state index is 0.0676. The molecule has 0 bridgehead atoms. The van der Waals surface area contributed by atoms with Crippen LogP contribution in [-0.4, -0.2) is 17.9 Å². The molecule has 0 aliphatic rings. The Hall–Kier alpha value is -1.88. The molecule has 2 rings (SSSR count). The molecule has 0 fully saturated rings. The highest BCUT2D eigenvalue weighted by atomic mass is 32.1. The Labute approximate surface area is 116 Å². The molecule has 0 aliphatic heterocycles. The summed E-state index contributed by atoms with van der Waals surface area (Å²) >= 11 is 1.64. The first kappa shape index (κ1) is 13.5. The van der Waals surface area contributed by atoms with E-state index >= 15 is 0 Å². The fourth-order valence-electron chi connectivity index (χ4n) is 1.71. The second-order valence-corrected chi connectivity index (χ2v) is 5.13. The van der Waals surface area contributed by atoms with E-state index in [2.05, 4.69) is 15.6 Å². The fourth-order valence-corrected chi connectivity index (χ4v) is 2.36. The molecule has 0 unspecified atom stereocenters. The van der Waals surface area contributed by atoms with E-state index < -0.39 is 0 Å². The van der Waals surface area contributed by atoms with E-state index in [1.54, 1.807) is 24.5 Å². The van der Waals surface area contributed by atoms with Gasteiger partial charge in [-0.15, -0.1) is 11.3 Å². The molecule has 100 valence electrons. The third-order valence-electron chi connectivity index (χ3n) is 2.76. The zero-order valence-corrected chi connectivity index (χ0v) is 11.9. The van der Waals surface area contributed by atoms with Gasteiger partial charge in [0.25, 0.3) is 5.91 Å². The SMILES string of the molecule is CCc1cc(C(=O)NCc2cccs2)cc(NC)n1. The smallest absolute Gasteiger partial charge is 0.251 e. The number of anilines is 1. The van der Waals surface area contributed by atoms with E-state index in [0.717, 1.165) is 22.8 Å². The molecule has 0 spiro atoms. The van der Waals surface area contributed by atoms with Crippen LogP contribution in [0.4, 0.5) is 5.82 Å². The van der Waals surface area contributed by atoms with Gasteiger partial charge in [-0.2, -0.15) is 0 Å². The van der Waals surface area contributed by atoms with Gasteiger partial charge in [0.15, 0.2) is 0 Å². The van der Waals surface area contributed by atoms with Crippen LogP contribution in [0.2, 0.25) is 0 Å². The summed E-state index contributed by atoms with van der Waals surface area (Å²) in [6, 6.07) is 7.59. The van der Waals surface area contributed by atoms with Crippen molar-refractivity contribution < 1.29 is 4.79 Å².